The predicted octanol–water partition coefficient (Wildman–Crippen LogP) is 1.25. The van der Waals surface area contributed by atoms with Crippen molar-refractivity contribution in [1.29, 1.82) is 0 Å². The van der Waals surface area contributed by atoms with Gasteiger partial charge in [-0.1, -0.05) is 19.8 Å². The minimum absolute atomic E-state index is 0.0897. The molecule has 16 heavy (non-hydrogen) atoms. The molecule has 4 heteroatoms. The number of unbranched alkanes of at least 4 members (excludes halogenated alkanes) is 2. The summed E-state index contributed by atoms with van der Waals surface area (Å²) < 4.78 is 0. The first-order valence-corrected chi connectivity index (χ1v) is 6.06. The van der Waals surface area contributed by atoms with Gasteiger partial charge in [0.1, 0.15) is 5.78 Å². The van der Waals surface area contributed by atoms with E-state index in [0.717, 1.165) is 19.3 Å². The van der Waals surface area contributed by atoms with Crippen molar-refractivity contribution in [3.8, 4) is 0 Å². The van der Waals surface area contributed by atoms with E-state index in [2.05, 4.69) is 17.6 Å². The molecule has 0 saturated carbocycles. The van der Waals surface area contributed by atoms with Gasteiger partial charge in [-0.3, -0.25) is 9.59 Å². The minimum atomic E-state index is -0.143. The van der Waals surface area contributed by atoms with Crippen LogP contribution in [0.4, 0.5) is 0 Å². The second-order valence-corrected chi connectivity index (χ2v) is 4.05. The van der Waals surface area contributed by atoms with Crippen molar-refractivity contribution in [2.24, 2.45) is 0 Å². The molecular formula is C12H24N2O2. The maximum absolute atomic E-state index is 11.3. The molecule has 0 unspecified atom stereocenters. The molecule has 0 spiro atoms. The number of Topliss-reactive ketones (excluding diaryl/α,β-unsaturated/α-hetero) is 1. The number of hydrogen-bond acceptors (Lipinski definition) is 3. The number of hydrogen-bond donors (Lipinski definition) is 2. The zero-order valence-corrected chi connectivity index (χ0v) is 10.6. The standard InChI is InChI=1S/C12H24N2O2/c1-4-5-6-7-12(16)14-9-8-11(13-3)10(2)15/h11,13H,4-9H2,1-3H3,(H,14,16)/t11-/m0/s1. The molecule has 0 heterocycles. The fourth-order valence-corrected chi connectivity index (χ4v) is 1.53. The van der Waals surface area contributed by atoms with Crippen molar-refractivity contribution in [2.45, 2.75) is 52.0 Å². The lowest BCUT2D eigenvalue weighted by molar-refractivity contribution is -0.122. The van der Waals surface area contributed by atoms with Gasteiger partial charge in [0.05, 0.1) is 6.04 Å². The molecule has 0 aliphatic heterocycles. The molecule has 0 saturated heterocycles. The molecule has 0 bridgehead atoms. The van der Waals surface area contributed by atoms with Gasteiger partial charge in [0.15, 0.2) is 0 Å². The van der Waals surface area contributed by atoms with Crippen LogP contribution in [0.1, 0.15) is 46.0 Å². The summed E-state index contributed by atoms with van der Waals surface area (Å²) in [7, 11) is 1.76. The number of carbonyl (C=O) groups excluding carboxylic acids is 2. The molecule has 0 rings (SSSR count). The summed E-state index contributed by atoms with van der Waals surface area (Å²) in [6.45, 7) is 4.24. The van der Waals surface area contributed by atoms with E-state index in [0.29, 0.717) is 19.4 Å². The molecular weight excluding hydrogens is 204 g/mol. The Labute approximate surface area is 98.2 Å². The molecule has 0 aromatic heterocycles. The number of amides is 1. The normalized spacial score (nSPS) is 12.2. The van der Waals surface area contributed by atoms with Gasteiger partial charge in [0, 0.05) is 13.0 Å². The Morgan fingerprint density at radius 3 is 2.44 bits per heavy atom. The topological polar surface area (TPSA) is 58.2 Å². The van der Waals surface area contributed by atoms with E-state index in [-0.39, 0.29) is 17.7 Å². The third kappa shape index (κ3) is 7.40. The summed E-state index contributed by atoms with van der Waals surface area (Å²) in [6.07, 6.45) is 4.42. The first-order chi connectivity index (χ1) is 7.61. The molecule has 2 N–H and O–H groups in total. The molecule has 0 fully saturated rings. The van der Waals surface area contributed by atoms with Gasteiger partial charge in [-0.05, 0) is 26.8 Å². The van der Waals surface area contributed by atoms with Gasteiger partial charge >= 0.3 is 0 Å². The minimum Gasteiger partial charge on any atom is -0.356 e. The molecule has 0 radical (unpaired) electrons. The van der Waals surface area contributed by atoms with Crippen LogP contribution in [0.5, 0.6) is 0 Å². The highest BCUT2D eigenvalue weighted by molar-refractivity contribution is 5.81. The molecule has 94 valence electrons. The zero-order valence-electron chi connectivity index (χ0n) is 10.6. The highest BCUT2D eigenvalue weighted by Gasteiger charge is 2.11. The summed E-state index contributed by atoms with van der Waals surface area (Å²) in [5.74, 6) is 0.203. The van der Waals surface area contributed by atoms with Crippen LogP contribution in [0.2, 0.25) is 0 Å². The van der Waals surface area contributed by atoms with E-state index in [1.54, 1.807) is 14.0 Å². The maximum Gasteiger partial charge on any atom is 0.219 e. The van der Waals surface area contributed by atoms with Gasteiger partial charge < -0.3 is 10.6 Å². The van der Waals surface area contributed by atoms with E-state index in [1.807, 2.05) is 0 Å². The van der Waals surface area contributed by atoms with E-state index in [4.69, 9.17) is 0 Å². The van der Waals surface area contributed by atoms with Crippen molar-refractivity contribution < 1.29 is 9.59 Å². The second-order valence-electron chi connectivity index (χ2n) is 4.05. The van der Waals surface area contributed by atoms with Crippen molar-refractivity contribution in [2.75, 3.05) is 13.6 Å². The Kier molecular flexibility index (Phi) is 8.81. The Morgan fingerprint density at radius 2 is 1.94 bits per heavy atom. The zero-order chi connectivity index (χ0) is 12.4. The Balaban J connectivity index is 3.56. The average Bonchev–Trinajstić information content (AvgIpc) is 2.24. The van der Waals surface area contributed by atoms with Crippen LogP contribution in [0.3, 0.4) is 0 Å². The average molecular weight is 228 g/mol. The quantitative estimate of drug-likeness (QED) is 0.584. The van der Waals surface area contributed by atoms with Crippen LogP contribution in [0.15, 0.2) is 0 Å². The van der Waals surface area contributed by atoms with Gasteiger partial charge in [-0.2, -0.15) is 0 Å². The SMILES string of the molecule is CCCCCC(=O)NCC[C@H](NC)C(C)=O. The highest BCUT2D eigenvalue weighted by Crippen LogP contribution is 1.98. The monoisotopic (exact) mass is 228 g/mol. The second kappa shape index (κ2) is 9.33. The lowest BCUT2D eigenvalue weighted by Gasteiger charge is -2.12. The molecule has 1 atom stereocenters. The Bertz CT molecular complexity index is 217. The first-order valence-electron chi connectivity index (χ1n) is 6.06. The lowest BCUT2D eigenvalue weighted by Crippen LogP contribution is -2.36. The van der Waals surface area contributed by atoms with Crippen molar-refractivity contribution in [1.82, 2.24) is 10.6 Å². The predicted molar refractivity (Wildman–Crippen MR) is 65.3 cm³/mol. The summed E-state index contributed by atoms with van der Waals surface area (Å²) >= 11 is 0. The van der Waals surface area contributed by atoms with Gasteiger partial charge in [-0.25, -0.2) is 0 Å². The number of carbonyl (C=O) groups is 2. The van der Waals surface area contributed by atoms with Crippen LogP contribution in [0.25, 0.3) is 0 Å². The van der Waals surface area contributed by atoms with Crippen LogP contribution >= 0.6 is 0 Å². The third-order valence-corrected chi connectivity index (χ3v) is 2.60. The fraction of sp³-hybridized carbons (Fsp3) is 0.833. The molecule has 0 aromatic rings. The smallest absolute Gasteiger partial charge is 0.219 e. The van der Waals surface area contributed by atoms with E-state index in [1.165, 1.54) is 0 Å². The number of nitrogens with one attached hydrogen (secondary N) is 2. The molecule has 1 amide bonds. The van der Waals surface area contributed by atoms with Gasteiger partial charge in [0.25, 0.3) is 0 Å². The number of likely N-dealkylation sites (N-methyl/N-ethyl adjacent to an activating group) is 1. The van der Waals surface area contributed by atoms with Crippen LogP contribution in [-0.4, -0.2) is 31.3 Å². The van der Waals surface area contributed by atoms with Crippen LogP contribution in [-0.2, 0) is 9.59 Å². The summed E-state index contributed by atoms with van der Waals surface area (Å²) in [5.41, 5.74) is 0. The summed E-state index contributed by atoms with van der Waals surface area (Å²) in [5, 5.41) is 5.76. The Morgan fingerprint density at radius 1 is 1.25 bits per heavy atom. The van der Waals surface area contributed by atoms with E-state index >= 15 is 0 Å². The molecule has 0 aromatic carbocycles. The van der Waals surface area contributed by atoms with Crippen LogP contribution in [0, 0.1) is 0 Å². The largest absolute Gasteiger partial charge is 0.356 e. The maximum atomic E-state index is 11.3. The molecule has 0 aliphatic rings. The van der Waals surface area contributed by atoms with Crippen molar-refractivity contribution in [3.05, 3.63) is 0 Å². The third-order valence-electron chi connectivity index (χ3n) is 2.60. The molecule has 0 aliphatic carbocycles. The highest BCUT2D eigenvalue weighted by atomic mass is 16.1. The summed E-state index contributed by atoms with van der Waals surface area (Å²) in [4.78, 5) is 22.4. The Hall–Kier alpha value is -0.900. The van der Waals surface area contributed by atoms with Gasteiger partial charge in [-0.15, -0.1) is 0 Å². The molecule has 4 nitrogen and oxygen atoms in total. The number of ketones is 1. The van der Waals surface area contributed by atoms with Gasteiger partial charge in [0.2, 0.25) is 5.91 Å². The fourth-order valence-electron chi connectivity index (χ4n) is 1.53. The van der Waals surface area contributed by atoms with Crippen LogP contribution < -0.4 is 10.6 Å². The van der Waals surface area contributed by atoms with Crippen molar-refractivity contribution >= 4 is 11.7 Å². The first kappa shape index (κ1) is 15.1. The van der Waals surface area contributed by atoms with E-state index < -0.39 is 0 Å². The summed E-state index contributed by atoms with van der Waals surface area (Å²) in [6, 6.07) is -0.143. The number of rotatable bonds is 9. The lowest BCUT2D eigenvalue weighted by atomic mass is 10.1. The van der Waals surface area contributed by atoms with Crippen molar-refractivity contribution in [3.63, 3.8) is 0 Å². The van der Waals surface area contributed by atoms with E-state index in [9.17, 15) is 9.59 Å².